The van der Waals surface area contributed by atoms with E-state index in [0.29, 0.717) is 6.04 Å². The lowest BCUT2D eigenvalue weighted by Gasteiger charge is -2.31. The summed E-state index contributed by atoms with van der Waals surface area (Å²) in [5.74, 6) is 0. The number of rotatable bonds is 7. The lowest BCUT2D eigenvalue weighted by molar-refractivity contribution is 0.110. The zero-order valence-electron chi connectivity index (χ0n) is 13.2. The summed E-state index contributed by atoms with van der Waals surface area (Å²) in [5.41, 5.74) is 1.63. The molecule has 1 aromatic heterocycles. The molecule has 2 N–H and O–H groups in total. The Bertz CT molecular complexity index is 391. The van der Waals surface area contributed by atoms with Crippen molar-refractivity contribution in [3.05, 3.63) is 21.4 Å². The van der Waals surface area contributed by atoms with Crippen LogP contribution in [0.25, 0.3) is 0 Å². The topological polar surface area (TPSA) is 32.3 Å². The number of nitrogens with one attached hydrogen (secondary N) is 1. The van der Waals surface area contributed by atoms with Crippen LogP contribution in [-0.2, 0) is 12.8 Å². The Morgan fingerprint density at radius 1 is 1.30 bits per heavy atom. The molecule has 1 aromatic rings. The second-order valence-electron chi connectivity index (χ2n) is 6.27. The van der Waals surface area contributed by atoms with Gasteiger partial charge in [0.2, 0.25) is 0 Å². The molecule has 0 saturated heterocycles. The van der Waals surface area contributed by atoms with Crippen LogP contribution in [0.3, 0.4) is 0 Å². The van der Waals surface area contributed by atoms with Crippen molar-refractivity contribution < 1.29 is 5.11 Å². The summed E-state index contributed by atoms with van der Waals surface area (Å²) in [6.07, 6.45) is 7.31. The van der Waals surface area contributed by atoms with Gasteiger partial charge in [-0.25, -0.2) is 0 Å². The quantitative estimate of drug-likeness (QED) is 0.794. The van der Waals surface area contributed by atoms with E-state index in [1.807, 2.05) is 11.3 Å². The van der Waals surface area contributed by atoms with Crippen molar-refractivity contribution >= 4 is 11.3 Å². The molecular formula is C17H29NOS. The first-order valence-corrected chi connectivity index (χ1v) is 8.91. The fraction of sp³-hybridized carbons (Fsp3) is 0.765. The van der Waals surface area contributed by atoms with E-state index in [4.69, 9.17) is 0 Å². The normalized spacial score (nSPS) is 17.0. The molecule has 2 rings (SSSR count). The Hall–Kier alpha value is -0.380. The zero-order valence-corrected chi connectivity index (χ0v) is 14.0. The minimum atomic E-state index is 0.0468. The minimum Gasteiger partial charge on any atom is -0.396 e. The third-order valence-corrected chi connectivity index (χ3v) is 6.48. The molecule has 1 unspecified atom stereocenters. The van der Waals surface area contributed by atoms with Crippen molar-refractivity contribution in [1.29, 1.82) is 0 Å². The molecular weight excluding hydrogens is 266 g/mol. The maximum Gasteiger partial charge on any atom is 0.0499 e. The molecule has 1 aliphatic rings. The molecule has 1 aliphatic carbocycles. The number of aliphatic hydroxyl groups is 1. The van der Waals surface area contributed by atoms with Crippen LogP contribution in [0.2, 0.25) is 0 Å². The van der Waals surface area contributed by atoms with Crippen molar-refractivity contribution in [3.63, 3.8) is 0 Å². The van der Waals surface area contributed by atoms with Crippen molar-refractivity contribution in [1.82, 2.24) is 5.32 Å². The first-order valence-electron chi connectivity index (χ1n) is 8.10. The van der Waals surface area contributed by atoms with Gasteiger partial charge in [0.1, 0.15) is 0 Å². The molecule has 0 fully saturated rings. The highest BCUT2D eigenvalue weighted by molar-refractivity contribution is 7.12. The lowest BCUT2D eigenvalue weighted by Crippen LogP contribution is -2.37. The lowest BCUT2D eigenvalue weighted by atomic mass is 9.83. The second kappa shape index (κ2) is 7.06. The predicted molar refractivity (Wildman–Crippen MR) is 87.5 cm³/mol. The van der Waals surface area contributed by atoms with Crippen LogP contribution in [0.4, 0.5) is 0 Å². The molecule has 0 radical (unpaired) electrons. The van der Waals surface area contributed by atoms with E-state index >= 15 is 0 Å². The Kier molecular flexibility index (Phi) is 5.65. The molecule has 2 nitrogen and oxygen atoms in total. The van der Waals surface area contributed by atoms with Crippen LogP contribution < -0.4 is 5.32 Å². The smallest absolute Gasteiger partial charge is 0.0499 e. The molecule has 1 atom stereocenters. The number of hydrogen-bond acceptors (Lipinski definition) is 3. The highest BCUT2D eigenvalue weighted by Gasteiger charge is 2.26. The fourth-order valence-corrected chi connectivity index (χ4v) is 4.26. The van der Waals surface area contributed by atoms with E-state index in [0.717, 1.165) is 19.4 Å². The van der Waals surface area contributed by atoms with Crippen molar-refractivity contribution in [2.75, 3.05) is 13.2 Å². The van der Waals surface area contributed by atoms with E-state index in [-0.39, 0.29) is 12.0 Å². The Morgan fingerprint density at radius 2 is 2.00 bits per heavy atom. The molecule has 0 aliphatic heterocycles. The van der Waals surface area contributed by atoms with Gasteiger partial charge < -0.3 is 10.4 Å². The summed E-state index contributed by atoms with van der Waals surface area (Å²) in [4.78, 5) is 3.08. The van der Waals surface area contributed by atoms with Crippen LogP contribution in [0, 0.1) is 5.41 Å². The Labute approximate surface area is 127 Å². The first-order chi connectivity index (χ1) is 9.64. The van der Waals surface area contributed by atoms with E-state index in [9.17, 15) is 5.11 Å². The number of fused-ring (bicyclic) bond motifs is 1. The highest BCUT2D eigenvalue weighted by atomic mass is 32.1. The molecule has 0 aromatic carbocycles. The Morgan fingerprint density at radius 3 is 2.60 bits per heavy atom. The van der Waals surface area contributed by atoms with Gasteiger partial charge in [0, 0.05) is 34.4 Å². The van der Waals surface area contributed by atoms with Crippen LogP contribution in [0.15, 0.2) is 6.07 Å². The maximum atomic E-state index is 9.66. The van der Waals surface area contributed by atoms with Gasteiger partial charge in [-0.15, -0.1) is 11.3 Å². The maximum absolute atomic E-state index is 9.66. The van der Waals surface area contributed by atoms with E-state index < -0.39 is 0 Å². The van der Waals surface area contributed by atoms with Gasteiger partial charge in [-0.05, 0) is 57.1 Å². The summed E-state index contributed by atoms with van der Waals surface area (Å²) < 4.78 is 0. The van der Waals surface area contributed by atoms with E-state index in [2.05, 4.69) is 32.2 Å². The van der Waals surface area contributed by atoms with Gasteiger partial charge in [0.15, 0.2) is 0 Å². The van der Waals surface area contributed by atoms with Crippen molar-refractivity contribution in [2.45, 2.75) is 65.3 Å². The molecule has 0 spiro atoms. The molecule has 0 saturated carbocycles. The summed E-state index contributed by atoms with van der Waals surface area (Å²) in [5, 5.41) is 13.3. The average Bonchev–Trinajstić information content (AvgIpc) is 2.93. The number of aliphatic hydroxyl groups excluding tert-OH is 1. The van der Waals surface area contributed by atoms with Crippen LogP contribution in [0.1, 0.15) is 67.8 Å². The predicted octanol–water partition coefficient (Wildman–Crippen LogP) is 4.08. The second-order valence-corrected chi connectivity index (χ2v) is 7.44. The molecule has 0 amide bonds. The van der Waals surface area contributed by atoms with E-state index in [1.165, 1.54) is 30.6 Å². The van der Waals surface area contributed by atoms with Crippen LogP contribution >= 0.6 is 11.3 Å². The third kappa shape index (κ3) is 3.44. The highest BCUT2D eigenvalue weighted by Crippen LogP contribution is 2.33. The largest absolute Gasteiger partial charge is 0.396 e. The number of thiophene rings is 1. The van der Waals surface area contributed by atoms with Gasteiger partial charge in [0.05, 0.1) is 0 Å². The van der Waals surface area contributed by atoms with Gasteiger partial charge in [-0.2, -0.15) is 0 Å². The van der Waals surface area contributed by atoms with Gasteiger partial charge in [-0.1, -0.05) is 13.8 Å². The average molecular weight is 295 g/mol. The summed E-state index contributed by atoms with van der Waals surface area (Å²) in [6, 6.07) is 2.81. The molecule has 114 valence electrons. The summed E-state index contributed by atoms with van der Waals surface area (Å²) in [6.45, 7) is 7.79. The first kappa shape index (κ1) is 16.0. The molecule has 0 bridgehead atoms. The summed E-state index contributed by atoms with van der Waals surface area (Å²) >= 11 is 1.99. The Balaban J connectivity index is 1.97. The molecule has 20 heavy (non-hydrogen) atoms. The summed E-state index contributed by atoms with van der Waals surface area (Å²) in [7, 11) is 0. The third-order valence-electron chi connectivity index (χ3n) is 5.06. The van der Waals surface area contributed by atoms with Gasteiger partial charge in [0.25, 0.3) is 0 Å². The SMILES string of the molecule is CCC(CC)(CO)CNC(C)c1cc2c(s1)CCCC2. The van der Waals surface area contributed by atoms with Crippen molar-refractivity contribution in [2.24, 2.45) is 5.41 Å². The standard InChI is InChI=1S/C17H29NOS/c1-4-17(5-2,12-19)11-18-13(3)16-10-14-8-6-7-9-15(14)20-16/h10,13,18-19H,4-9,11-12H2,1-3H3. The molecule has 1 heterocycles. The number of hydrogen-bond donors (Lipinski definition) is 2. The van der Waals surface area contributed by atoms with Crippen LogP contribution in [-0.4, -0.2) is 18.3 Å². The monoisotopic (exact) mass is 295 g/mol. The minimum absolute atomic E-state index is 0.0468. The molecule has 3 heteroatoms. The zero-order chi connectivity index (χ0) is 14.6. The van der Waals surface area contributed by atoms with Crippen LogP contribution in [0.5, 0.6) is 0 Å². The van der Waals surface area contributed by atoms with Gasteiger partial charge in [-0.3, -0.25) is 0 Å². The fourth-order valence-electron chi connectivity index (χ4n) is 2.98. The van der Waals surface area contributed by atoms with Gasteiger partial charge >= 0.3 is 0 Å². The number of aryl methyl sites for hydroxylation is 2. The van der Waals surface area contributed by atoms with E-state index in [1.54, 1.807) is 10.4 Å². The van der Waals surface area contributed by atoms with Crippen molar-refractivity contribution in [3.8, 4) is 0 Å².